The Hall–Kier alpha value is -2.10. The minimum absolute atomic E-state index is 0.0500. The molecule has 1 aliphatic carbocycles. The van der Waals surface area contributed by atoms with Gasteiger partial charge in [0.25, 0.3) is 0 Å². The molecule has 0 aliphatic heterocycles. The van der Waals surface area contributed by atoms with Crippen LogP contribution in [0.1, 0.15) is 51.3 Å². The number of benzene rings is 1. The molecule has 4 nitrogen and oxygen atoms in total. The van der Waals surface area contributed by atoms with Gasteiger partial charge in [0.05, 0.1) is 17.3 Å². The first-order chi connectivity index (χ1) is 10.8. The zero-order valence-corrected chi connectivity index (χ0v) is 14.3. The van der Waals surface area contributed by atoms with Crippen LogP contribution in [0.15, 0.2) is 30.3 Å². The summed E-state index contributed by atoms with van der Waals surface area (Å²) in [7, 11) is 0. The Bertz CT molecular complexity index is 721. The lowest BCUT2D eigenvalue weighted by Crippen LogP contribution is -2.27. The van der Waals surface area contributed by atoms with Crippen LogP contribution in [0.25, 0.3) is 5.69 Å². The number of hydrogen-bond donors (Lipinski definition) is 0. The van der Waals surface area contributed by atoms with E-state index >= 15 is 0 Å². The molecule has 0 N–H and O–H groups in total. The largest absolute Gasteiger partial charge is 0.407 e. The van der Waals surface area contributed by atoms with E-state index < -0.39 is 0 Å². The van der Waals surface area contributed by atoms with Crippen molar-refractivity contribution in [2.24, 2.45) is 5.92 Å². The third-order valence-corrected chi connectivity index (χ3v) is 4.33. The summed E-state index contributed by atoms with van der Waals surface area (Å²) in [5, 5.41) is 4.69. The van der Waals surface area contributed by atoms with Crippen molar-refractivity contribution in [3.05, 3.63) is 41.6 Å². The van der Waals surface area contributed by atoms with Crippen molar-refractivity contribution in [1.29, 1.82) is 0 Å². The molecule has 0 bridgehead atoms. The van der Waals surface area contributed by atoms with E-state index in [9.17, 15) is 4.79 Å². The molecule has 1 aromatic heterocycles. The van der Waals surface area contributed by atoms with Crippen LogP contribution in [0.4, 0.5) is 0 Å². The average Bonchev–Trinajstić information content (AvgIpc) is 2.80. The van der Waals surface area contributed by atoms with Crippen LogP contribution in [-0.4, -0.2) is 15.7 Å². The average molecular weight is 312 g/mol. The van der Waals surface area contributed by atoms with Gasteiger partial charge < -0.3 is 4.74 Å². The fourth-order valence-corrected chi connectivity index (χ4v) is 2.58. The Labute approximate surface area is 137 Å². The van der Waals surface area contributed by atoms with Gasteiger partial charge in [-0.25, -0.2) is 4.68 Å². The van der Waals surface area contributed by atoms with E-state index in [1.807, 2.05) is 37.3 Å². The monoisotopic (exact) mass is 312 g/mol. The molecule has 1 fully saturated rings. The topological polar surface area (TPSA) is 44.1 Å². The summed E-state index contributed by atoms with van der Waals surface area (Å²) < 4.78 is 7.42. The van der Waals surface area contributed by atoms with Gasteiger partial charge in [-0.2, -0.15) is 5.10 Å². The molecule has 0 saturated heterocycles. The van der Waals surface area contributed by atoms with Gasteiger partial charge in [-0.15, -0.1) is 0 Å². The van der Waals surface area contributed by atoms with Crippen molar-refractivity contribution in [1.82, 2.24) is 9.78 Å². The molecule has 2 aromatic rings. The van der Waals surface area contributed by atoms with E-state index in [1.165, 1.54) is 0 Å². The lowest BCUT2D eigenvalue weighted by Gasteiger charge is -2.22. The van der Waals surface area contributed by atoms with Crippen LogP contribution >= 0.6 is 0 Å². The van der Waals surface area contributed by atoms with E-state index in [4.69, 9.17) is 4.74 Å². The van der Waals surface area contributed by atoms with Gasteiger partial charge in [-0.3, -0.25) is 4.79 Å². The Morgan fingerprint density at radius 3 is 2.57 bits per heavy atom. The maximum absolute atomic E-state index is 12.2. The van der Waals surface area contributed by atoms with Gasteiger partial charge >= 0.3 is 5.97 Å². The van der Waals surface area contributed by atoms with Crippen molar-refractivity contribution < 1.29 is 9.53 Å². The number of carbonyl (C=O) groups is 1. The second-order valence-corrected chi connectivity index (χ2v) is 7.42. The number of carbonyl (C=O) groups excluding carboxylic acids is 1. The molecular formula is C19H24N2O2. The molecule has 23 heavy (non-hydrogen) atoms. The number of ether oxygens (including phenoxy) is 1. The quantitative estimate of drug-likeness (QED) is 0.798. The summed E-state index contributed by atoms with van der Waals surface area (Å²) in [5.74, 6) is 0.428. The lowest BCUT2D eigenvalue weighted by molar-refractivity contribution is -0.142. The van der Waals surface area contributed by atoms with E-state index in [2.05, 4.69) is 25.9 Å². The third-order valence-electron chi connectivity index (χ3n) is 4.33. The van der Waals surface area contributed by atoms with Gasteiger partial charge in [0, 0.05) is 11.5 Å². The first-order valence-electron chi connectivity index (χ1n) is 8.24. The van der Waals surface area contributed by atoms with Gasteiger partial charge in [-0.05, 0) is 37.5 Å². The smallest absolute Gasteiger partial charge is 0.315 e. The maximum Gasteiger partial charge on any atom is 0.315 e. The summed E-state index contributed by atoms with van der Waals surface area (Å²) in [6, 6.07) is 9.94. The second kappa shape index (κ2) is 5.84. The zero-order valence-electron chi connectivity index (χ0n) is 14.3. The number of aromatic nitrogens is 2. The maximum atomic E-state index is 12.2. The Morgan fingerprint density at radius 1 is 1.26 bits per heavy atom. The molecule has 1 saturated carbocycles. The fourth-order valence-electron chi connectivity index (χ4n) is 2.58. The number of esters is 1. The first-order valence-corrected chi connectivity index (χ1v) is 8.24. The summed E-state index contributed by atoms with van der Waals surface area (Å²) >= 11 is 0. The van der Waals surface area contributed by atoms with Crippen LogP contribution in [0.2, 0.25) is 0 Å². The zero-order chi connectivity index (χ0) is 16.6. The molecule has 0 atom stereocenters. The molecule has 122 valence electrons. The van der Waals surface area contributed by atoms with Crippen molar-refractivity contribution in [2.45, 2.75) is 52.4 Å². The van der Waals surface area contributed by atoms with Gasteiger partial charge in [0.1, 0.15) is 0 Å². The van der Waals surface area contributed by atoms with Crippen LogP contribution in [0.5, 0.6) is 5.88 Å². The first kappa shape index (κ1) is 15.8. The Balaban J connectivity index is 1.98. The molecular weight excluding hydrogens is 288 g/mol. The summed E-state index contributed by atoms with van der Waals surface area (Å²) in [6.45, 7) is 8.35. The van der Waals surface area contributed by atoms with Crippen LogP contribution in [0, 0.1) is 12.8 Å². The number of aryl methyl sites for hydroxylation is 1. The van der Waals surface area contributed by atoms with E-state index in [0.717, 1.165) is 36.2 Å². The highest BCUT2D eigenvalue weighted by atomic mass is 16.5. The van der Waals surface area contributed by atoms with E-state index in [1.54, 1.807) is 4.68 Å². The predicted octanol–water partition coefficient (Wildman–Crippen LogP) is 4.18. The van der Waals surface area contributed by atoms with Crippen molar-refractivity contribution in [3.63, 3.8) is 0 Å². The highest BCUT2D eigenvalue weighted by Gasteiger charge is 2.29. The molecule has 1 aliphatic rings. The Morgan fingerprint density at radius 2 is 2.00 bits per heavy atom. The van der Waals surface area contributed by atoms with Gasteiger partial charge in [-0.1, -0.05) is 39.3 Å². The highest BCUT2D eigenvalue weighted by molar-refractivity contribution is 5.75. The number of hydrogen-bond acceptors (Lipinski definition) is 3. The highest BCUT2D eigenvalue weighted by Crippen LogP contribution is 2.31. The number of rotatable bonds is 3. The molecule has 1 heterocycles. The molecule has 4 heteroatoms. The van der Waals surface area contributed by atoms with Crippen molar-refractivity contribution in [3.8, 4) is 11.6 Å². The minimum atomic E-state index is -0.134. The molecule has 0 amide bonds. The van der Waals surface area contributed by atoms with Crippen LogP contribution in [0.3, 0.4) is 0 Å². The second-order valence-electron chi connectivity index (χ2n) is 7.42. The molecule has 3 rings (SSSR count). The molecule has 0 spiro atoms. The fraction of sp³-hybridized carbons (Fsp3) is 0.474. The SMILES string of the molecule is Cc1cccc(-n2nc(C(C)(C)C)cc2OC(=O)C2CCC2)c1. The normalized spacial score (nSPS) is 15.3. The number of nitrogens with zero attached hydrogens (tertiary/aromatic N) is 2. The van der Waals surface area contributed by atoms with Gasteiger partial charge in [0.15, 0.2) is 0 Å². The standard InChI is InChI=1S/C19H24N2O2/c1-13-7-5-10-15(11-13)21-17(12-16(20-21)19(2,3)4)23-18(22)14-8-6-9-14/h5,7,10-12,14H,6,8-9H2,1-4H3. The molecule has 1 aromatic carbocycles. The summed E-state index contributed by atoms with van der Waals surface area (Å²) in [4.78, 5) is 12.2. The Kier molecular flexibility index (Phi) is 4.00. The van der Waals surface area contributed by atoms with Crippen molar-refractivity contribution in [2.75, 3.05) is 0 Å². The van der Waals surface area contributed by atoms with Crippen LogP contribution in [-0.2, 0) is 10.2 Å². The minimum Gasteiger partial charge on any atom is -0.407 e. The van der Waals surface area contributed by atoms with Crippen molar-refractivity contribution >= 4 is 5.97 Å². The lowest BCUT2D eigenvalue weighted by atomic mass is 9.86. The summed E-state index contributed by atoms with van der Waals surface area (Å²) in [5.41, 5.74) is 2.87. The third kappa shape index (κ3) is 3.31. The van der Waals surface area contributed by atoms with Crippen LogP contribution < -0.4 is 4.74 Å². The molecule has 0 unspecified atom stereocenters. The molecule has 0 radical (unpaired) electrons. The van der Waals surface area contributed by atoms with E-state index in [0.29, 0.717) is 5.88 Å². The van der Waals surface area contributed by atoms with Gasteiger partial charge in [0.2, 0.25) is 5.88 Å². The predicted molar refractivity (Wildman–Crippen MR) is 90.0 cm³/mol. The summed E-state index contributed by atoms with van der Waals surface area (Å²) in [6.07, 6.45) is 2.98. The van der Waals surface area contributed by atoms with E-state index in [-0.39, 0.29) is 17.3 Å².